The highest BCUT2D eigenvalue weighted by Gasteiger charge is 2.08. The van der Waals surface area contributed by atoms with Gasteiger partial charge in [0.2, 0.25) is 0 Å². The van der Waals surface area contributed by atoms with E-state index in [-0.39, 0.29) is 6.10 Å². The zero-order chi connectivity index (χ0) is 5.82. The molecule has 0 saturated carbocycles. The fourth-order valence-electron chi connectivity index (χ4n) is 0.855. The van der Waals surface area contributed by atoms with Crippen LogP contribution in [0.4, 0.5) is 0 Å². The maximum atomic E-state index is 6.72. The molecular formula is C7H9O. The summed E-state index contributed by atoms with van der Waals surface area (Å²) in [4.78, 5) is 0. The average Bonchev–Trinajstić information content (AvgIpc) is 1.90. The van der Waals surface area contributed by atoms with Crippen LogP contribution in [-0.2, 0) is 4.74 Å². The van der Waals surface area contributed by atoms with Crippen molar-refractivity contribution in [2.24, 2.45) is 0 Å². The van der Waals surface area contributed by atoms with Crippen LogP contribution >= 0.6 is 0 Å². The quantitative estimate of drug-likeness (QED) is 0.424. The number of hydrogen-bond donors (Lipinski definition) is 0. The molecule has 0 aromatic carbocycles. The molecule has 1 unspecified atom stereocenters. The number of ether oxygens (including phenoxy) is 1. The lowest BCUT2D eigenvalue weighted by Crippen LogP contribution is -2.16. The standard InChI is InChI=1S/C7H9O/c1-2-7-5-3-4-6-8-7/h7H,3-6H2. The summed E-state index contributed by atoms with van der Waals surface area (Å²) in [6.07, 6.45) is 10.1. The van der Waals surface area contributed by atoms with E-state index in [1.807, 2.05) is 0 Å². The second-order valence-corrected chi connectivity index (χ2v) is 2.00. The molecule has 1 nitrogen and oxygen atoms in total. The Morgan fingerprint density at radius 2 is 2.38 bits per heavy atom. The third-order valence-electron chi connectivity index (χ3n) is 1.34. The molecule has 1 radical (unpaired) electrons. The predicted molar refractivity (Wildman–Crippen MR) is 30.7 cm³/mol. The van der Waals surface area contributed by atoms with E-state index in [2.05, 4.69) is 5.92 Å². The first-order valence-corrected chi connectivity index (χ1v) is 2.97. The Labute approximate surface area is 50.0 Å². The SMILES string of the molecule is [C]#CC1CCCCO1. The van der Waals surface area contributed by atoms with Crippen LogP contribution in [0.5, 0.6) is 0 Å². The van der Waals surface area contributed by atoms with E-state index in [1.54, 1.807) is 0 Å². The predicted octanol–water partition coefficient (Wildman–Crippen LogP) is 1.15. The minimum atomic E-state index is 0.00347. The van der Waals surface area contributed by atoms with Gasteiger partial charge in [-0.05, 0) is 25.7 Å². The van der Waals surface area contributed by atoms with Crippen molar-refractivity contribution in [3.63, 3.8) is 0 Å². The van der Waals surface area contributed by atoms with Gasteiger partial charge < -0.3 is 4.74 Å². The Bertz CT molecular complexity index is 95.4. The first-order valence-electron chi connectivity index (χ1n) is 2.97. The third kappa shape index (κ3) is 1.24. The zero-order valence-electron chi connectivity index (χ0n) is 4.81. The molecule has 1 atom stereocenters. The molecule has 1 rings (SSSR count). The lowest BCUT2D eigenvalue weighted by molar-refractivity contribution is 0.0524. The molecule has 1 heterocycles. The van der Waals surface area contributed by atoms with E-state index in [1.165, 1.54) is 6.42 Å². The molecule has 0 N–H and O–H groups in total. The summed E-state index contributed by atoms with van der Waals surface area (Å²) >= 11 is 0. The molecule has 0 amide bonds. The Balaban J connectivity index is 2.25. The molecule has 1 aliphatic rings. The minimum Gasteiger partial charge on any atom is -0.365 e. The first kappa shape index (κ1) is 5.65. The molecule has 8 heavy (non-hydrogen) atoms. The van der Waals surface area contributed by atoms with Crippen LogP contribution in [0.1, 0.15) is 19.3 Å². The van der Waals surface area contributed by atoms with Crippen LogP contribution in [0, 0.1) is 12.3 Å². The molecule has 0 bridgehead atoms. The molecule has 0 aromatic heterocycles. The Morgan fingerprint density at radius 1 is 1.50 bits per heavy atom. The highest BCUT2D eigenvalue weighted by atomic mass is 16.5. The van der Waals surface area contributed by atoms with Gasteiger partial charge in [-0.15, -0.1) is 0 Å². The van der Waals surface area contributed by atoms with Gasteiger partial charge in [0.25, 0.3) is 0 Å². The van der Waals surface area contributed by atoms with Crippen LogP contribution in [-0.4, -0.2) is 12.7 Å². The second-order valence-electron chi connectivity index (χ2n) is 2.00. The van der Waals surface area contributed by atoms with Gasteiger partial charge in [0.05, 0.1) is 0 Å². The molecule has 0 aromatic rings. The van der Waals surface area contributed by atoms with Crippen LogP contribution in [0.3, 0.4) is 0 Å². The number of hydrogen-bond acceptors (Lipinski definition) is 1. The van der Waals surface area contributed by atoms with Gasteiger partial charge in [0, 0.05) is 6.61 Å². The van der Waals surface area contributed by atoms with Crippen LogP contribution in [0.2, 0.25) is 0 Å². The van der Waals surface area contributed by atoms with Crippen molar-refractivity contribution in [2.75, 3.05) is 6.61 Å². The molecule has 1 heteroatoms. The fourth-order valence-corrected chi connectivity index (χ4v) is 0.855. The molecule has 43 valence electrons. The summed E-state index contributed by atoms with van der Waals surface area (Å²) in [5.74, 6) is 2.33. The second kappa shape index (κ2) is 2.74. The molecule has 1 aliphatic heterocycles. The molecule has 0 aliphatic carbocycles. The van der Waals surface area contributed by atoms with Crippen LogP contribution in [0.25, 0.3) is 0 Å². The van der Waals surface area contributed by atoms with Crippen molar-refractivity contribution in [3.05, 3.63) is 6.42 Å². The van der Waals surface area contributed by atoms with E-state index in [4.69, 9.17) is 11.2 Å². The third-order valence-corrected chi connectivity index (χ3v) is 1.34. The van der Waals surface area contributed by atoms with Gasteiger partial charge in [-0.25, -0.2) is 0 Å². The Morgan fingerprint density at radius 3 is 2.75 bits per heavy atom. The number of rotatable bonds is 0. The first-order chi connectivity index (χ1) is 3.93. The van der Waals surface area contributed by atoms with Gasteiger partial charge >= 0.3 is 0 Å². The van der Waals surface area contributed by atoms with Crippen LogP contribution < -0.4 is 0 Å². The van der Waals surface area contributed by atoms with E-state index >= 15 is 0 Å². The van der Waals surface area contributed by atoms with Crippen molar-refractivity contribution in [2.45, 2.75) is 25.4 Å². The summed E-state index contributed by atoms with van der Waals surface area (Å²) in [6.45, 7) is 0.816. The van der Waals surface area contributed by atoms with Crippen molar-refractivity contribution in [1.29, 1.82) is 0 Å². The maximum Gasteiger partial charge on any atom is 0.119 e. The van der Waals surface area contributed by atoms with Gasteiger partial charge in [0.1, 0.15) is 6.10 Å². The summed E-state index contributed by atoms with van der Waals surface area (Å²) in [5, 5.41) is 0. The van der Waals surface area contributed by atoms with Crippen molar-refractivity contribution >= 4 is 0 Å². The largest absolute Gasteiger partial charge is 0.365 e. The summed E-state index contributed by atoms with van der Waals surface area (Å²) < 4.78 is 5.13. The molecular weight excluding hydrogens is 100 g/mol. The maximum absolute atomic E-state index is 6.72. The summed E-state index contributed by atoms with van der Waals surface area (Å²) in [5.41, 5.74) is 0. The Hall–Kier alpha value is -0.480. The van der Waals surface area contributed by atoms with Gasteiger partial charge in [-0.3, -0.25) is 0 Å². The van der Waals surface area contributed by atoms with Gasteiger partial charge in [-0.2, -0.15) is 0 Å². The molecule has 0 spiro atoms. The summed E-state index contributed by atoms with van der Waals surface area (Å²) in [7, 11) is 0. The Kier molecular flexibility index (Phi) is 1.93. The smallest absolute Gasteiger partial charge is 0.119 e. The van der Waals surface area contributed by atoms with Gasteiger partial charge in [-0.1, -0.05) is 5.92 Å². The van der Waals surface area contributed by atoms with Gasteiger partial charge in [0.15, 0.2) is 0 Å². The lowest BCUT2D eigenvalue weighted by atomic mass is 10.1. The normalized spacial score (nSPS) is 29.1. The van der Waals surface area contributed by atoms with Crippen molar-refractivity contribution in [1.82, 2.24) is 0 Å². The highest BCUT2D eigenvalue weighted by molar-refractivity contribution is 4.89. The van der Waals surface area contributed by atoms with Crippen LogP contribution in [0.15, 0.2) is 0 Å². The topological polar surface area (TPSA) is 9.23 Å². The van der Waals surface area contributed by atoms with E-state index in [0.717, 1.165) is 19.4 Å². The monoisotopic (exact) mass is 109 g/mol. The molecule has 1 fully saturated rings. The van der Waals surface area contributed by atoms with Crippen molar-refractivity contribution < 1.29 is 4.74 Å². The lowest BCUT2D eigenvalue weighted by Gasteiger charge is -2.16. The molecule has 1 saturated heterocycles. The van der Waals surface area contributed by atoms with Crippen molar-refractivity contribution in [3.8, 4) is 5.92 Å². The van der Waals surface area contributed by atoms with E-state index in [9.17, 15) is 0 Å². The summed E-state index contributed by atoms with van der Waals surface area (Å²) in [6, 6.07) is 0. The minimum absolute atomic E-state index is 0.00347. The highest BCUT2D eigenvalue weighted by Crippen LogP contribution is 2.10. The fraction of sp³-hybridized carbons (Fsp3) is 0.714. The zero-order valence-corrected chi connectivity index (χ0v) is 4.81. The van der Waals surface area contributed by atoms with E-state index in [0.29, 0.717) is 0 Å². The average molecular weight is 109 g/mol. The van der Waals surface area contributed by atoms with E-state index < -0.39 is 0 Å².